The van der Waals surface area contributed by atoms with Crippen LogP contribution in [-0.2, 0) is 0 Å². The van der Waals surface area contributed by atoms with Crippen molar-refractivity contribution in [3.05, 3.63) is 12.2 Å². The van der Waals surface area contributed by atoms with E-state index in [-0.39, 0.29) is 4.87 Å². The second-order valence-electron chi connectivity index (χ2n) is 3.11. The number of allylic oxidation sites excluding steroid dienone is 2. The third-order valence-corrected chi connectivity index (χ3v) is 3.42. The molecule has 0 spiro atoms. The zero-order valence-electron chi connectivity index (χ0n) is 4.95. The molecule has 2 aliphatic carbocycles. The Morgan fingerprint density at radius 3 is 2.00 bits per heavy atom. The van der Waals surface area contributed by atoms with Gasteiger partial charge in [-0.3, -0.25) is 0 Å². The molecule has 2 aliphatic rings. The van der Waals surface area contributed by atoms with E-state index in [1.54, 1.807) is 0 Å². The predicted octanol–water partition coefficient (Wildman–Crippen LogP) is 2.33. The molecule has 1 fully saturated rings. The van der Waals surface area contributed by atoms with Crippen LogP contribution in [0.25, 0.3) is 0 Å². The summed E-state index contributed by atoms with van der Waals surface area (Å²) in [6.45, 7) is 2.23. The Hall–Kier alpha value is 0.0300. The smallest absolute Gasteiger partial charge is 0.0714 e. The van der Waals surface area contributed by atoms with Crippen molar-refractivity contribution in [3.8, 4) is 0 Å². The maximum Gasteiger partial charge on any atom is 0.0714 e. The van der Waals surface area contributed by atoms with E-state index in [0.29, 0.717) is 5.41 Å². The van der Waals surface area contributed by atoms with E-state index in [4.69, 9.17) is 11.6 Å². The highest BCUT2D eigenvalue weighted by atomic mass is 35.5. The van der Waals surface area contributed by atoms with Gasteiger partial charge in [0.2, 0.25) is 0 Å². The average molecular weight is 129 g/mol. The number of fused-ring (bicyclic) bond motifs is 1. The Bertz CT molecular complexity index is 144. The monoisotopic (exact) mass is 128 g/mol. The summed E-state index contributed by atoms with van der Waals surface area (Å²) in [6, 6.07) is 0. The maximum atomic E-state index is 6.10. The first-order valence-corrected chi connectivity index (χ1v) is 3.43. The van der Waals surface area contributed by atoms with Gasteiger partial charge < -0.3 is 0 Å². The molecule has 2 rings (SSSR count). The molecule has 0 radical (unpaired) electrons. The molecule has 0 aromatic rings. The van der Waals surface area contributed by atoms with E-state index >= 15 is 0 Å². The van der Waals surface area contributed by atoms with E-state index < -0.39 is 0 Å². The highest BCUT2D eigenvalue weighted by Crippen LogP contribution is 2.62. The molecule has 0 amide bonds. The van der Waals surface area contributed by atoms with Crippen molar-refractivity contribution in [1.29, 1.82) is 0 Å². The SMILES string of the molecule is C[C@]12C=CC1(Cl)CC2. The van der Waals surface area contributed by atoms with Crippen LogP contribution in [0.2, 0.25) is 0 Å². The van der Waals surface area contributed by atoms with E-state index in [9.17, 15) is 0 Å². The van der Waals surface area contributed by atoms with Gasteiger partial charge in [0.25, 0.3) is 0 Å². The van der Waals surface area contributed by atoms with Crippen LogP contribution in [0.15, 0.2) is 12.2 Å². The third kappa shape index (κ3) is 0.288. The minimum Gasteiger partial charge on any atom is -0.114 e. The van der Waals surface area contributed by atoms with Gasteiger partial charge in [-0.1, -0.05) is 19.1 Å². The Morgan fingerprint density at radius 1 is 1.38 bits per heavy atom. The summed E-state index contributed by atoms with van der Waals surface area (Å²) < 4.78 is 0. The first-order valence-electron chi connectivity index (χ1n) is 3.06. The van der Waals surface area contributed by atoms with Gasteiger partial charge >= 0.3 is 0 Å². The first-order chi connectivity index (χ1) is 3.66. The van der Waals surface area contributed by atoms with Crippen LogP contribution in [0.4, 0.5) is 0 Å². The Morgan fingerprint density at radius 2 is 2.00 bits per heavy atom. The summed E-state index contributed by atoms with van der Waals surface area (Å²) in [6.07, 6.45) is 6.82. The second kappa shape index (κ2) is 0.995. The molecular formula is C7H9Cl. The number of halogens is 1. The molecule has 0 heterocycles. The average Bonchev–Trinajstić information content (AvgIpc) is 1.81. The standard InChI is InChI=1S/C7H9Cl/c1-6-2-4-7(6,8)5-3-6/h2,4H,3,5H2,1H3/t6-,7?/m1/s1. The molecule has 0 aliphatic heterocycles. The highest BCUT2D eigenvalue weighted by molar-refractivity contribution is 6.27. The minimum atomic E-state index is 0.0903. The second-order valence-corrected chi connectivity index (χ2v) is 3.79. The van der Waals surface area contributed by atoms with Gasteiger partial charge in [0, 0.05) is 5.41 Å². The fraction of sp³-hybridized carbons (Fsp3) is 0.714. The van der Waals surface area contributed by atoms with Crippen molar-refractivity contribution < 1.29 is 0 Å². The molecular weight excluding hydrogens is 120 g/mol. The van der Waals surface area contributed by atoms with Crippen LogP contribution < -0.4 is 0 Å². The lowest BCUT2D eigenvalue weighted by Gasteiger charge is -2.57. The van der Waals surface area contributed by atoms with Crippen LogP contribution in [-0.4, -0.2) is 4.87 Å². The van der Waals surface area contributed by atoms with Gasteiger partial charge in [-0.2, -0.15) is 0 Å². The van der Waals surface area contributed by atoms with Crippen molar-refractivity contribution in [3.63, 3.8) is 0 Å². The largest absolute Gasteiger partial charge is 0.114 e. The van der Waals surface area contributed by atoms with Crippen molar-refractivity contribution in [2.75, 3.05) is 0 Å². The lowest BCUT2D eigenvalue weighted by molar-refractivity contribution is 0.145. The Kier molecular flexibility index (Phi) is 0.605. The molecule has 1 unspecified atom stereocenters. The van der Waals surface area contributed by atoms with E-state index in [0.717, 1.165) is 0 Å². The number of hydrogen-bond acceptors (Lipinski definition) is 0. The van der Waals surface area contributed by atoms with Gasteiger partial charge in [0.1, 0.15) is 0 Å². The summed E-state index contributed by atoms with van der Waals surface area (Å²) in [5.41, 5.74) is 0.383. The molecule has 1 heteroatoms. The van der Waals surface area contributed by atoms with Crippen molar-refractivity contribution in [1.82, 2.24) is 0 Å². The van der Waals surface area contributed by atoms with Gasteiger partial charge in [-0.05, 0) is 12.8 Å². The predicted molar refractivity (Wildman–Crippen MR) is 35.1 cm³/mol. The van der Waals surface area contributed by atoms with Gasteiger partial charge in [0.15, 0.2) is 0 Å². The van der Waals surface area contributed by atoms with Crippen LogP contribution in [0, 0.1) is 5.41 Å². The number of rotatable bonds is 0. The molecule has 1 saturated carbocycles. The molecule has 0 nitrogen and oxygen atoms in total. The lowest BCUT2D eigenvalue weighted by Crippen LogP contribution is -2.54. The highest BCUT2D eigenvalue weighted by Gasteiger charge is 2.57. The molecule has 0 aromatic carbocycles. The molecule has 44 valence electrons. The Balaban J connectivity index is 2.37. The van der Waals surface area contributed by atoms with E-state index in [1.165, 1.54) is 12.8 Å². The summed E-state index contributed by atoms with van der Waals surface area (Å²) in [4.78, 5) is 0.0903. The van der Waals surface area contributed by atoms with E-state index in [2.05, 4.69) is 19.1 Å². The van der Waals surface area contributed by atoms with Crippen molar-refractivity contribution >= 4 is 11.6 Å². The molecule has 0 saturated heterocycles. The number of hydrogen-bond donors (Lipinski definition) is 0. The lowest BCUT2D eigenvalue weighted by atomic mass is 9.54. The minimum absolute atomic E-state index is 0.0903. The Labute approximate surface area is 54.5 Å². The van der Waals surface area contributed by atoms with Crippen molar-refractivity contribution in [2.45, 2.75) is 24.6 Å². The normalized spacial score (nSPS) is 58.8. The summed E-state index contributed by atoms with van der Waals surface area (Å²) in [5, 5.41) is 0. The zero-order valence-corrected chi connectivity index (χ0v) is 5.70. The summed E-state index contributed by atoms with van der Waals surface area (Å²) >= 11 is 6.10. The maximum absolute atomic E-state index is 6.10. The molecule has 0 N–H and O–H groups in total. The summed E-state index contributed by atoms with van der Waals surface area (Å²) in [7, 11) is 0. The van der Waals surface area contributed by atoms with Crippen LogP contribution in [0.1, 0.15) is 19.8 Å². The van der Waals surface area contributed by atoms with Crippen LogP contribution in [0.5, 0.6) is 0 Å². The fourth-order valence-corrected chi connectivity index (χ4v) is 1.79. The third-order valence-electron chi connectivity index (χ3n) is 2.67. The number of alkyl halides is 1. The van der Waals surface area contributed by atoms with Gasteiger partial charge in [-0.25, -0.2) is 0 Å². The molecule has 0 aromatic heterocycles. The fourth-order valence-electron chi connectivity index (χ4n) is 1.47. The van der Waals surface area contributed by atoms with Crippen LogP contribution >= 0.6 is 11.6 Å². The zero-order chi connectivity index (χ0) is 5.83. The molecule has 0 bridgehead atoms. The van der Waals surface area contributed by atoms with Gasteiger partial charge in [-0.15, -0.1) is 11.6 Å². The van der Waals surface area contributed by atoms with Gasteiger partial charge in [0.05, 0.1) is 4.87 Å². The molecule has 2 atom stereocenters. The quantitative estimate of drug-likeness (QED) is 0.347. The van der Waals surface area contributed by atoms with Crippen LogP contribution in [0.3, 0.4) is 0 Å². The van der Waals surface area contributed by atoms with Crippen molar-refractivity contribution in [2.24, 2.45) is 5.41 Å². The topological polar surface area (TPSA) is 0 Å². The molecule has 8 heavy (non-hydrogen) atoms. The summed E-state index contributed by atoms with van der Waals surface area (Å²) in [5.74, 6) is 0. The van der Waals surface area contributed by atoms with E-state index in [1.807, 2.05) is 0 Å². The first kappa shape index (κ1) is 4.87.